The molecular formula is C19H15ClN6OS. The average molecular weight is 411 g/mol. The zero-order valence-corrected chi connectivity index (χ0v) is 16.1. The molecule has 0 spiro atoms. The van der Waals surface area contributed by atoms with E-state index in [9.17, 15) is 4.79 Å². The SMILES string of the molecule is Nn1c(SCC(=O)c2ccc(Cl)cc2)nnc1-c1cc(-c2ccccc2)n[nH]1. The van der Waals surface area contributed by atoms with Crippen molar-refractivity contribution in [2.24, 2.45) is 0 Å². The van der Waals surface area contributed by atoms with E-state index in [4.69, 9.17) is 17.4 Å². The maximum Gasteiger partial charge on any atom is 0.210 e. The minimum absolute atomic E-state index is 0.0425. The van der Waals surface area contributed by atoms with Gasteiger partial charge in [-0.05, 0) is 30.3 Å². The van der Waals surface area contributed by atoms with E-state index in [2.05, 4.69) is 20.4 Å². The lowest BCUT2D eigenvalue weighted by atomic mass is 10.1. The number of thioether (sulfide) groups is 1. The predicted molar refractivity (Wildman–Crippen MR) is 110 cm³/mol. The van der Waals surface area contributed by atoms with Crippen LogP contribution in [0, 0.1) is 0 Å². The zero-order chi connectivity index (χ0) is 19.5. The van der Waals surface area contributed by atoms with Gasteiger partial charge in [0.25, 0.3) is 0 Å². The summed E-state index contributed by atoms with van der Waals surface area (Å²) in [4.78, 5) is 12.3. The average Bonchev–Trinajstić information content (AvgIpc) is 3.34. The normalized spacial score (nSPS) is 10.9. The Morgan fingerprint density at radius 3 is 2.61 bits per heavy atom. The molecule has 2 aromatic heterocycles. The van der Waals surface area contributed by atoms with Crippen LogP contribution in [0.4, 0.5) is 0 Å². The van der Waals surface area contributed by atoms with Crippen LogP contribution < -0.4 is 5.84 Å². The van der Waals surface area contributed by atoms with Crippen molar-refractivity contribution in [3.8, 4) is 22.8 Å². The molecule has 0 amide bonds. The van der Waals surface area contributed by atoms with Crippen molar-refractivity contribution in [2.75, 3.05) is 11.6 Å². The number of nitrogen functional groups attached to an aromatic ring is 1. The molecule has 0 atom stereocenters. The molecule has 0 aliphatic carbocycles. The molecule has 2 heterocycles. The fourth-order valence-electron chi connectivity index (χ4n) is 2.60. The van der Waals surface area contributed by atoms with E-state index in [0.29, 0.717) is 27.3 Å². The van der Waals surface area contributed by atoms with Crippen LogP contribution in [0.5, 0.6) is 0 Å². The van der Waals surface area contributed by atoms with Gasteiger partial charge in [-0.3, -0.25) is 9.89 Å². The van der Waals surface area contributed by atoms with Crippen LogP contribution in [-0.4, -0.2) is 36.6 Å². The van der Waals surface area contributed by atoms with Gasteiger partial charge < -0.3 is 5.84 Å². The monoisotopic (exact) mass is 410 g/mol. The maximum atomic E-state index is 12.3. The molecule has 28 heavy (non-hydrogen) atoms. The van der Waals surface area contributed by atoms with E-state index in [-0.39, 0.29) is 11.5 Å². The number of Topliss-reactive ketones (excluding diaryl/α,β-unsaturated/α-hetero) is 1. The molecular weight excluding hydrogens is 396 g/mol. The molecule has 0 saturated heterocycles. The third kappa shape index (κ3) is 3.78. The highest BCUT2D eigenvalue weighted by Crippen LogP contribution is 2.25. The smallest absolute Gasteiger partial charge is 0.210 e. The number of carbonyl (C=O) groups is 1. The second-order valence-electron chi connectivity index (χ2n) is 5.93. The second kappa shape index (κ2) is 7.87. The van der Waals surface area contributed by atoms with Crippen LogP contribution in [0.1, 0.15) is 10.4 Å². The van der Waals surface area contributed by atoms with Gasteiger partial charge in [0.2, 0.25) is 11.0 Å². The number of nitrogens with zero attached hydrogens (tertiary/aromatic N) is 4. The van der Waals surface area contributed by atoms with E-state index in [0.717, 1.165) is 11.3 Å². The number of H-pyrrole nitrogens is 1. The minimum atomic E-state index is -0.0425. The third-order valence-electron chi connectivity index (χ3n) is 4.05. The molecule has 3 N–H and O–H groups in total. The van der Waals surface area contributed by atoms with Gasteiger partial charge in [-0.1, -0.05) is 53.7 Å². The van der Waals surface area contributed by atoms with Crippen molar-refractivity contribution >= 4 is 29.1 Å². The second-order valence-corrected chi connectivity index (χ2v) is 7.31. The summed E-state index contributed by atoms with van der Waals surface area (Å²) in [5.41, 5.74) is 2.99. The van der Waals surface area contributed by atoms with E-state index in [1.807, 2.05) is 36.4 Å². The van der Waals surface area contributed by atoms with Gasteiger partial charge in [-0.15, -0.1) is 10.2 Å². The molecule has 140 valence electrons. The van der Waals surface area contributed by atoms with E-state index < -0.39 is 0 Å². The van der Waals surface area contributed by atoms with Crippen molar-refractivity contribution in [1.82, 2.24) is 25.1 Å². The van der Waals surface area contributed by atoms with Gasteiger partial charge in [-0.25, -0.2) is 4.68 Å². The number of halogens is 1. The number of carbonyl (C=O) groups excluding carboxylic acids is 1. The molecule has 2 aromatic carbocycles. The van der Waals surface area contributed by atoms with E-state index >= 15 is 0 Å². The Labute approximate surface area is 169 Å². The Balaban J connectivity index is 1.48. The van der Waals surface area contributed by atoms with Crippen LogP contribution in [0.3, 0.4) is 0 Å². The summed E-state index contributed by atoms with van der Waals surface area (Å²) in [5, 5.41) is 16.5. The highest BCUT2D eigenvalue weighted by Gasteiger charge is 2.16. The molecule has 0 aliphatic rings. The van der Waals surface area contributed by atoms with Gasteiger partial charge in [0.05, 0.1) is 11.4 Å². The first-order valence-corrected chi connectivity index (χ1v) is 9.71. The van der Waals surface area contributed by atoms with Crippen LogP contribution in [0.25, 0.3) is 22.8 Å². The first-order chi connectivity index (χ1) is 13.6. The molecule has 7 nitrogen and oxygen atoms in total. The van der Waals surface area contributed by atoms with Crippen molar-refractivity contribution in [2.45, 2.75) is 5.16 Å². The largest absolute Gasteiger partial charge is 0.335 e. The molecule has 0 aliphatic heterocycles. The first-order valence-electron chi connectivity index (χ1n) is 8.35. The lowest BCUT2D eigenvalue weighted by molar-refractivity contribution is 0.102. The Kier molecular flexibility index (Phi) is 5.14. The van der Waals surface area contributed by atoms with E-state index in [1.54, 1.807) is 24.3 Å². The Hall–Kier alpha value is -3.10. The lowest BCUT2D eigenvalue weighted by Crippen LogP contribution is -2.13. The fraction of sp³-hybridized carbons (Fsp3) is 0.0526. The summed E-state index contributed by atoms with van der Waals surface area (Å²) in [5.74, 6) is 6.71. The predicted octanol–water partition coefficient (Wildman–Crippen LogP) is 3.68. The molecule has 0 fully saturated rings. The number of hydrogen-bond donors (Lipinski definition) is 2. The quantitative estimate of drug-likeness (QED) is 0.285. The molecule has 4 rings (SSSR count). The third-order valence-corrected chi connectivity index (χ3v) is 5.25. The number of hydrogen-bond acceptors (Lipinski definition) is 6. The number of benzene rings is 2. The number of nitrogens with one attached hydrogen (secondary N) is 1. The highest BCUT2D eigenvalue weighted by molar-refractivity contribution is 7.99. The summed E-state index contributed by atoms with van der Waals surface area (Å²) in [7, 11) is 0. The highest BCUT2D eigenvalue weighted by atomic mass is 35.5. The maximum absolute atomic E-state index is 12.3. The van der Waals surface area contributed by atoms with Gasteiger partial charge in [0.1, 0.15) is 5.69 Å². The van der Waals surface area contributed by atoms with Gasteiger partial charge in [0, 0.05) is 16.1 Å². The van der Waals surface area contributed by atoms with Crippen LogP contribution in [0.2, 0.25) is 5.02 Å². The number of aromatic nitrogens is 5. The molecule has 4 aromatic rings. The van der Waals surface area contributed by atoms with E-state index in [1.165, 1.54) is 16.4 Å². The molecule has 0 radical (unpaired) electrons. The Bertz CT molecular complexity index is 1110. The first kappa shape index (κ1) is 18.3. The summed E-state index contributed by atoms with van der Waals surface area (Å²) >= 11 is 7.07. The van der Waals surface area contributed by atoms with Gasteiger partial charge in [0.15, 0.2) is 5.78 Å². The fourth-order valence-corrected chi connectivity index (χ4v) is 3.48. The molecule has 0 saturated carbocycles. The van der Waals surface area contributed by atoms with Crippen molar-refractivity contribution in [1.29, 1.82) is 0 Å². The molecule has 0 bridgehead atoms. The van der Waals surface area contributed by atoms with Crippen molar-refractivity contribution in [3.05, 3.63) is 71.2 Å². The number of aromatic amines is 1. The summed E-state index contributed by atoms with van der Waals surface area (Å²) < 4.78 is 1.35. The van der Waals surface area contributed by atoms with Crippen LogP contribution >= 0.6 is 23.4 Å². The van der Waals surface area contributed by atoms with Crippen LogP contribution in [0.15, 0.2) is 65.8 Å². The zero-order valence-electron chi connectivity index (χ0n) is 14.5. The molecule has 0 unspecified atom stereocenters. The molecule has 9 heteroatoms. The van der Waals surface area contributed by atoms with Crippen molar-refractivity contribution in [3.63, 3.8) is 0 Å². The van der Waals surface area contributed by atoms with Gasteiger partial charge >= 0.3 is 0 Å². The lowest BCUT2D eigenvalue weighted by Gasteiger charge is -2.02. The summed E-state index contributed by atoms with van der Waals surface area (Å²) in [6, 6.07) is 18.4. The van der Waals surface area contributed by atoms with Crippen molar-refractivity contribution < 1.29 is 4.79 Å². The topological polar surface area (TPSA) is 102 Å². The number of rotatable bonds is 6. The van der Waals surface area contributed by atoms with Gasteiger partial charge in [-0.2, -0.15) is 5.10 Å². The Morgan fingerprint density at radius 1 is 1.11 bits per heavy atom. The Morgan fingerprint density at radius 2 is 1.86 bits per heavy atom. The minimum Gasteiger partial charge on any atom is -0.335 e. The number of ketones is 1. The number of nitrogens with two attached hydrogens (primary N) is 1. The summed E-state index contributed by atoms with van der Waals surface area (Å²) in [6.45, 7) is 0. The standard InChI is InChI=1S/C19H15ClN6OS/c20-14-8-6-13(7-9-14)17(27)11-28-19-25-24-18(26(19)21)16-10-15(22-23-16)12-4-2-1-3-5-12/h1-10H,11,21H2,(H,22,23). The van der Waals surface area contributed by atoms with Crippen LogP contribution in [-0.2, 0) is 0 Å². The summed E-state index contributed by atoms with van der Waals surface area (Å²) in [6.07, 6.45) is 0.